The van der Waals surface area contributed by atoms with E-state index in [1.807, 2.05) is 0 Å². The minimum Gasteiger partial charge on any atom is -0.495 e. The number of pyridine rings is 1. The van der Waals surface area contributed by atoms with Gasteiger partial charge >= 0.3 is 0 Å². The Hall–Kier alpha value is -4.22. The minimum atomic E-state index is -1.01. The van der Waals surface area contributed by atoms with Crippen molar-refractivity contribution < 1.29 is 18.7 Å². The van der Waals surface area contributed by atoms with Gasteiger partial charge in [0.05, 0.1) is 30.8 Å². The van der Waals surface area contributed by atoms with Gasteiger partial charge in [0, 0.05) is 27.9 Å². The Bertz CT molecular complexity index is 1590. The summed E-state index contributed by atoms with van der Waals surface area (Å²) in [6.45, 7) is 1.49. The fourth-order valence-corrected chi connectivity index (χ4v) is 3.95. The number of nitrogens with zero attached hydrogens (tertiary/aromatic N) is 4. The summed E-state index contributed by atoms with van der Waals surface area (Å²) in [5.74, 6) is -2.15. The third-order valence-electron chi connectivity index (χ3n) is 5.52. The Balaban J connectivity index is 1.70. The van der Waals surface area contributed by atoms with Crippen LogP contribution in [-0.4, -0.2) is 38.5 Å². The van der Waals surface area contributed by atoms with Crippen LogP contribution in [0.15, 0.2) is 59.7 Å². The summed E-state index contributed by atoms with van der Waals surface area (Å²) in [7, 11) is 1.41. The molecule has 0 spiro atoms. The van der Waals surface area contributed by atoms with Crippen LogP contribution in [0.5, 0.6) is 5.75 Å². The number of rotatable bonds is 7. The molecule has 2 amide bonds. The summed E-state index contributed by atoms with van der Waals surface area (Å²) in [6.07, 6.45) is 2.88. The number of primary amides is 1. The van der Waals surface area contributed by atoms with Crippen molar-refractivity contribution in [1.82, 2.24) is 19.6 Å². The van der Waals surface area contributed by atoms with E-state index in [-0.39, 0.29) is 22.2 Å². The van der Waals surface area contributed by atoms with Crippen LogP contribution in [-0.2, 0) is 4.79 Å². The molecule has 10 nitrogen and oxygen atoms in total. The number of amides is 2. The lowest BCUT2D eigenvalue weighted by molar-refractivity contribution is -0.118. The number of ether oxygens (including phenoxy) is 1. The quantitative estimate of drug-likeness (QED) is 0.363. The van der Waals surface area contributed by atoms with Gasteiger partial charge in [-0.05, 0) is 43.3 Å². The van der Waals surface area contributed by atoms with E-state index in [0.29, 0.717) is 21.8 Å². The maximum Gasteiger partial charge on any atom is 0.252 e. The standard InChI is InChI=1S/C24H19Cl2FN6O4/c1-12(24(36)29-14-4-5-15(23(28)35)18(27)8-14)32-10-20(37-2)17(9-22(32)34)16-7-13(25)3-6-19(16)33-11-21(26)30-31-33/h3-12H,1-2H3,(H2,28,35)(H,29,36). The largest absolute Gasteiger partial charge is 0.495 e. The highest BCUT2D eigenvalue weighted by Gasteiger charge is 2.22. The highest BCUT2D eigenvalue weighted by atomic mass is 35.5. The molecule has 0 aliphatic rings. The first kappa shape index (κ1) is 25.9. The van der Waals surface area contributed by atoms with Crippen molar-refractivity contribution >= 4 is 40.7 Å². The molecule has 0 aliphatic heterocycles. The second-order valence-corrected chi connectivity index (χ2v) is 8.70. The SMILES string of the molecule is COc1cn(C(C)C(=O)Nc2ccc(C(N)=O)c(F)c2)c(=O)cc1-c1cc(Cl)ccc1-n1cc(Cl)nn1. The Morgan fingerprint density at radius 2 is 1.86 bits per heavy atom. The molecule has 2 aromatic carbocycles. The van der Waals surface area contributed by atoms with Gasteiger partial charge in [0.15, 0.2) is 5.15 Å². The second kappa shape index (κ2) is 10.4. The molecule has 2 aromatic heterocycles. The molecule has 1 atom stereocenters. The number of carbonyl (C=O) groups excluding carboxylic acids is 2. The second-order valence-electron chi connectivity index (χ2n) is 7.87. The van der Waals surface area contributed by atoms with Crippen molar-refractivity contribution in [3.8, 4) is 22.6 Å². The van der Waals surface area contributed by atoms with E-state index >= 15 is 0 Å². The highest BCUT2D eigenvalue weighted by molar-refractivity contribution is 6.31. The number of carbonyl (C=O) groups is 2. The van der Waals surface area contributed by atoms with E-state index < -0.39 is 29.2 Å². The molecule has 3 N–H and O–H groups in total. The molecule has 2 heterocycles. The molecule has 4 rings (SSSR count). The van der Waals surface area contributed by atoms with Crippen LogP contribution in [0.4, 0.5) is 10.1 Å². The number of benzene rings is 2. The number of halogens is 3. The molecule has 4 aromatic rings. The molecule has 0 aliphatic carbocycles. The number of nitrogens with one attached hydrogen (secondary N) is 1. The Morgan fingerprint density at radius 1 is 1.11 bits per heavy atom. The minimum absolute atomic E-state index is 0.0889. The van der Waals surface area contributed by atoms with Gasteiger partial charge in [-0.2, -0.15) is 0 Å². The summed E-state index contributed by atoms with van der Waals surface area (Å²) >= 11 is 12.2. The monoisotopic (exact) mass is 544 g/mol. The third kappa shape index (κ3) is 5.32. The number of aromatic nitrogens is 4. The van der Waals surface area contributed by atoms with E-state index in [9.17, 15) is 18.8 Å². The van der Waals surface area contributed by atoms with Gasteiger partial charge in [0.25, 0.3) is 11.5 Å². The van der Waals surface area contributed by atoms with Crippen molar-refractivity contribution in [3.63, 3.8) is 0 Å². The van der Waals surface area contributed by atoms with Crippen LogP contribution < -0.4 is 21.3 Å². The topological polar surface area (TPSA) is 134 Å². The first-order valence-electron chi connectivity index (χ1n) is 10.7. The summed E-state index contributed by atoms with van der Waals surface area (Å²) in [5.41, 5.74) is 5.80. The Kier molecular flexibility index (Phi) is 7.28. The van der Waals surface area contributed by atoms with Gasteiger partial charge in [-0.15, -0.1) is 5.10 Å². The Morgan fingerprint density at radius 3 is 2.49 bits per heavy atom. The van der Waals surface area contributed by atoms with Gasteiger partial charge in [-0.3, -0.25) is 19.0 Å². The van der Waals surface area contributed by atoms with Crippen LogP contribution in [0.25, 0.3) is 16.8 Å². The van der Waals surface area contributed by atoms with Crippen LogP contribution >= 0.6 is 23.2 Å². The van der Waals surface area contributed by atoms with Crippen molar-refractivity contribution in [2.45, 2.75) is 13.0 Å². The number of methoxy groups -OCH3 is 1. The number of nitrogens with two attached hydrogens (primary N) is 1. The molecule has 13 heteroatoms. The van der Waals surface area contributed by atoms with Gasteiger partial charge in [0.2, 0.25) is 5.91 Å². The van der Waals surface area contributed by atoms with Crippen LogP contribution in [0, 0.1) is 5.82 Å². The first-order chi connectivity index (χ1) is 17.6. The zero-order valence-electron chi connectivity index (χ0n) is 19.4. The smallest absolute Gasteiger partial charge is 0.252 e. The van der Waals surface area contributed by atoms with Crippen molar-refractivity contribution in [3.05, 3.63) is 86.8 Å². The average molecular weight is 545 g/mol. The number of hydrogen-bond acceptors (Lipinski definition) is 6. The van der Waals surface area contributed by atoms with Crippen molar-refractivity contribution in [1.29, 1.82) is 0 Å². The third-order valence-corrected chi connectivity index (χ3v) is 5.93. The summed E-state index contributed by atoms with van der Waals surface area (Å²) < 4.78 is 22.2. The molecule has 37 heavy (non-hydrogen) atoms. The van der Waals surface area contributed by atoms with Crippen LogP contribution in [0.3, 0.4) is 0 Å². The fourth-order valence-electron chi connectivity index (χ4n) is 3.66. The molecule has 1 unspecified atom stereocenters. The van der Waals surface area contributed by atoms with E-state index in [1.165, 1.54) is 47.8 Å². The predicted molar refractivity (Wildman–Crippen MR) is 136 cm³/mol. The van der Waals surface area contributed by atoms with E-state index in [4.69, 9.17) is 33.7 Å². The van der Waals surface area contributed by atoms with Gasteiger partial charge in [-0.25, -0.2) is 9.07 Å². The van der Waals surface area contributed by atoms with Crippen molar-refractivity contribution in [2.75, 3.05) is 12.4 Å². The molecule has 0 bridgehead atoms. The maximum atomic E-state index is 14.1. The molecule has 0 saturated heterocycles. The first-order valence-corrected chi connectivity index (χ1v) is 11.4. The zero-order chi connectivity index (χ0) is 26.9. The molecule has 190 valence electrons. The van der Waals surface area contributed by atoms with E-state index in [1.54, 1.807) is 18.2 Å². The van der Waals surface area contributed by atoms with Gasteiger partial charge in [-0.1, -0.05) is 28.4 Å². The van der Waals surface area contributed by atoms with E-state index in [0.717, 1.165) is 12.1 Å². The summed E-state index contributed by atoms with van der Waals surface area (Å²) in [6, 6.07) is 8.72. The zero-order valence-corrected chi connectivity index (χ0v) is 20.9. The molecular formula is C24H19Cl2FN6O4. The summed E-state index contributed by atoms with van der Waals surface area (Å²) in [4.78, 5) is 37.2. The van der Waals surface area contributed by atoms with Crippen LogP contribution in [0.2, 0.25) is 10.2 Å². The highest BCUT2D eigenvalue weighted by Crippen LogP contribution is 2.35. The predicted octanol–water partition coefficient (Wildman–Crippen LogP) is 3.85. The normalized spacial score (nSPS) is 11.7. The van der Waals surface area contributed by atoms with Gasteiger partial charge in [0.1, 0.15) is 17.6 Å². The van der Waals surface area contributed by atoms with Gasteiger partial charge < -0.3 is 15.8 Å². The maximum absolute atomic E-state index is 14.1. The van der Waals surface area contributed by atoms with Crippen LogP contribution in [0.1, 0.15) is 23.3 Å². The molecule has 0 fully saturated rings. The molecule has 0 saturated carbocycles. The number of hydrogen-bond donors (Lipinski definition) is 2. The Labute approximate surface area is 219 Å². The van der Waals surface area contributed by atoms with E-state index in [2.05, 4.69) is 15.6 Å². The lowest BCUT2D eigenvalue weighted by Gasteiger charge is -2.19. The lowest BCUT2D eigenvalue weighted by Crippen LogP contribution is -2.31. The lowest BCUT2D eigenvalue weighted by atomic mass is 10.0. The molecular weight excluding hydrogens is 526 g/mol. The summed E-state index contributed by atoms with van der Waals surface area (Å²) in [5, 5.41) is 10.8. The fraction of sp³-hybridized carbons (Fsp3) is 0.125. The average Bonchev–Trinajstić information content (AvgIpc) is 3.29. The van der Waals surface area contributed by atoms with Crippen molar-refractivity contribution in [2.24, 2.45) is 5.73 Å². The molecule has 0 radical (unpaired) electrons. The number of anilines is 1.